The van der Waals surface area contributed by atoms with Crippen molar-refractivity contribution < 1.29 is 14.3 Å². The van der Waals surface area contributed by atoms with Crippen LogP contribution in [-0.4, -0.2) is 35.1 Å². The van der Waals surface area contributed by atoms with E-state index in [1.807, 2.05) is 43.3 Å². The first-order valence-electron chi connectivity index (χ1n) is 11.3. The Morgan fingerprint density at radius 2 is 1.85 bits per heavy atom. The van der Waals surface area contributed by atoms with Crippen molar-refractivity contribution in [1.29, 1.82) is 0 Å². The Balaban J connectivity index is 0.00000259. The summed E-state index contributed by atoms with van der Waals surface area (Å²) in [4.78, 5) is 22.0. The number of para-hydroxylation sites is 1. The number of amides is 1. The minimum Gasteiger partial charge on any atom is -0.486 e. The van der Waals surface area contributed by atoms with E-state index >= 15 is 0 Å². The maximum absolute atomic E-state index is 12.9. The van der Waals surface area contributed by atoms with Gasteiger partial charge in [-0.3, -0.25) is 14.8 Å². The molecule has 0 spiro atoms. The maximum atomic E-state index is 12.9. The highest BCUT2D eigenvalue weighted by Crippen LogP contribution is 2.30. The van der Waals surface area contributed by atoms with Gasteiger partial charge >= 0.3 is 0 Å². The van der Waals surface area contributed by atoms with Crippen molar-refractivity contribution in [1.82, 2.24) is 15.3 Å². The molecule has 0 radical (unpaired) electrons. The minimum atomic E-state index is 0. The SMILES string of the molecule is Cc1ccc2cccc(NC(=O)[C@H]3CC[C@H](NCc4cc5c(cn4)OCCO5)CC3)c2n1.Cl. The number of hydrogen-bond acceptors (Lipinski definition) is 6. The maximum Gasteiger partial charge on any atom is 0.227 e. The largest absolute Gasteiger partial charge is 0.486 e. The van der Waals surface area contributed by atoms with Gasteiger partial charge in [-0.25, -0.2) is 0 Å². The van der Waals surface area contributed by atoms with E-state index in [4.69, 9.17) is 9.47 Å². The van der Waals surface area contributed by atoms with E-state index in [1.54, 1.807) is 6.20 Å². The fourth-order valence-corrected chi connectivity index (χ4v) is 4.47. The zero-order valence-electron chi connectivity index (χ0n) is 18.7. The number of aromatic nitrogens is 2. The molecule has 1 saturated carbocycles. The average molecular weight is 469 g/mol. The summed E-state index contributed by atoms with van der Waals surface area (Å²) >= 11 is 0. The van der Waals surface area contributed by atoms with Crippen molar-refractivity contribution >= 4 is 34.9 Å². The third kappa shape index (κ3) is 5.37. The van der Waals surface area contributed by atoms with E-state index in [9.17, 15) is 4.79 Å². The Hall–Kier alpha value is -2.90. The Labute approximate surface area is 199 Å². The third-order valence-electron chi connectivity index (χ3n) is 6.27. The lowest BCUT2D eigenvalue weighted by atomic mass is 9.85. The summed E-state index contributed by atoms with van der Waals surface area (Å²) < 4.78 is 11.2. The lowest BCUT2D eigenvalue weighted by Crippen LogP contribution is -2.36. The molecule has 3 heterocycles. The molecular formula is C25H29ClN4O3. The van der Waals surface area contributed by atoms with Crippen molar-refractivity contribution in [3.05, 3.63) is 54.0 Å². The van der Waals surface area contributed by atoms with Crippen LogP contribution in [0, 0.1) is 12.8 Å². The van der Waals surface area contributed by atoms with Crippen molar-refractivity contribution in [2.24, 2.45) is 5.92 Å². The zero-order chi connectivity index (χ0) is 21.9. The molecule has 1 aliphatic heterocycles. The molecule has 3 aromatic rings. The van der Waals surface area contributed by atoms with Gasteiger partial charge in [0.05, 0.1) is 23.1 Å². The second kappa shape index (κ2) is 10.4. The van der Waals surface area contributed by atoms with Crippen molar-refractivity contribution in [2.45, 2.75) is 45.2 Å². The number of anilines is 1. The lowest BCUT2D eigenvalue weighted by Gasteiger charge is -2.28. The molecule has 8 heteroatoms. The van der Waals surface area contributed by atoms with Gasteiger partial charge in [-0.15, -0.1) is 12.4 Å². The van der Waals surface area contributed by atoms with Gasteiger partial charge in [0.1, 0.15) is 13.2 Å². The van der Waals surface area contributed by atoms with Crippen LogP contribution in [0.4, 0.5) is 5.69 Å². The number of nitrogens with one attached hydrogen (secondary N) is 2. The summed E-state index contributed by atoms with van der Waals surface area (Å²) in [7, 11) is 0. The number of carbonyl (C=O) groups excluding carboxylic acids is 1. The Morgan fingerprint density at radius 1 is 1.06 bits per heavy atom. The normalized spacial score (nSPS) is 19.5. The van der Waals surface area contributed by atoms with E-state index in [-0.39, 0.29) is 24.2 Å². The number of hydrogen-bond donors (Lipinski definition) is 2. The molecular weight excluding hydrogens is 440 g/mol. The Morgan fingerprint density at radius 3 is 2.67 bits per heavy atom. The van der Waals surface area contributed by atoms with Crippen LogP contribution < -0.4 is 20.1 Å². The van der Waals surface area contributed by atoms with Gasteiger partial charge in [-0.05, 0) is 44.7 Å². The lowest BCUT2D eigenvalue weighted by molar-refractivity contribution is -0.120. The van der Waals surface area contributed by atoms with Gasteiger partial charge in [0.25, 0.3) is 0 Å². The molecule has 0 unspecified atom stereocenters. The zero-order valence-corrected chi connectivity index (χ0v) is 19.5. The Kier molecular flexibility index (Phi) is 7.30. The molecule has 2 N–H and O–H groups in total. The van der Waals surface area contributed by atoms with Gasteiger partial charge in [0.15, 0.2) is 11.5 Å². The predicted molar refractivity (Wildman–Crippen MR) is 130 cm³/mol. The number of nitrogens with zero attached hydrogens (tertiary/aromatic N) is 2. The molecule has 0 bridgehead atoms. The van der Waals surface area contributed by atoms with E-state index < -0.39 is 0 Å². The summed E-state index contributed by atoms with van der Waals surface area (Å²) in [5, 5.41) is 7.75. The summed E-state index contributed by atoms with van der Waals surface area (Å²) in [6, 6.07) is 12.3. The van der Waals surface area contributed by atoms with E-state index in [0.717, 1.165) is 59.4 Å². The summed E-state index contributed by atoms with van der Waals surface area (Å²) in [5.41, 5.74) is 3.52. The number of halogens is 1. The van der Waals surface area contributed by atoms with Gasteiger partial charge in [0, 0.05) is 35.7 Å². The van der Waals surface area contributed by atoms with Crippen LogP contribution in [0.5, 0.6) is 11.5 Å². The molecule has 1 fully saturated rings. The number of aryl methyl sites for hydroxylation is 1. The van der Waals surface area contributed by atoms with Crippen molar-refractivity contribution in [3.63, 3.8) is 0 Å². The summed E-state index contributed by atoms with van der Waals surface area (Å²) in [6.07, 6.45) is 5.41. The molecule has 1 aliphatic carbocycles. The number of benzene rings is 1. The van der Waals surface area contributed by atoms with Crippen LogP contribution in [0.1, 0.15) is 37.1 Å². The molecule has 33 heavy (non-hydrogen) atoms. The molecule has 2 aliphatic rings. The minimum absolute atomic E-state index is 0. The van der Waals surface area contributed by atoms with Gasteiger partial charge in [-0.2, -0.15) is 0 Å². The fourth-order valence-electron chi connectivity index (χ4n) is 4.47. The Bertz CT molecular complexity index is 1130. The quantitative estimate of drug-likeness (QED) is 0.576. The standard InChI is InChI=1S/C25H28N4O3.ClH/c1-16-5-6-17-3-2-4-21(24(17)28-16)29-25(30)18-7-9-19(10-8-18)26-14-20-13-22-23(15-27-20)32-12-11-31-22;/h2-6,13,15,18-19,26H,7-12,14H2,1H3,(H,29,30);1H/t18-,19-;. The second-order valence-electron chi connectivity index (χ2n) is 8.57. The fraction of sp³-hybridized carbons (Fsp3) is 0.400. The number of ether oxygens (including phenoxy) is 2. The van der Waals surface area contributed by atoms with Gasteiger partial charge in [0.2, 0.25) is 5.91 Å². The third-order valence-corrected chi connectivity index (χ3v) is 6.27. The van der Waals surface area contributed by atoms with Crippen molar-refractivity contribution in [2.75, 3.05) is 18.5 Å². The molecule has 7 nitrogen and oxygen atoms in total. The first-order valence-corrected chi connectivity index (χ1v) is 11.3. The summed E-state index contributed by atoms with van der Waals surface area (Å²) in [6.45, 7) is 3.79. The predicted octanol–water partition coefficient (Wildman–Crippen LogP) is 4.42. The van der Waals surface area contributed by atoms with Gasteiger partial charge < -0.3 is 20.1 Å². The number of carbonyl (C=O) groups is 1. The van der Waals surface area contributed by atoms with Crippen LogP contribution >= 0.6 is 12.4 Å². The van der Waals surface area contributed by atoms with E-state index in [2.05, 4.69) is 20.6 Å². The highest BCUT2D eigenvalue weighted by atomic mass is 35.5. The second-order valence-corrected chi connectivity index (χ2v) is 8.57. The monoisotopic (exact) mass is 468 g/mol. The molecule has 0 atom stereocenters. The highest BCUT2D eigenvalue weighted by Gasteiger charge is 2.26. The van der Waals surface area contributed by atoms with Gasteiger partial charge in [-0.1, -0.05) is 18.2 Å². The first kappa shape index (κ1) is 23.3. The first-order chi connectivity index (χ1) is 15.7. The van der Waals surface area contributed by atoms with Crippen LogP contribution in [0.2, 0.25) is 0 Å². The molecule has 1 amide bonds. The molecule has 1 aromatic carbocycles. The molecule has 5 rings (SSSR count). The highest BCUT2D eigenvalue weighted by molar-refractivity contribution is 6.01. The van der Waals surface area contributed by atoms with Crippen LogP contribution in [0.25, 0.3) is 10.9 Å². The van der Waals surface area contributed by atoms with Crippen molar-refractivity contribution in [3.8, 4) is 11.5 Å². The van der Waals surface area contributed by atoms with Crippen LogP contribution in [0.15, 0.2) is 42.6 Å². The van der Waals surface area contributed by atoms with E-state index in [1.165, 1.54) is 0 Å². The molecule has 2 aromatic heterocycles. The number of rotatable bonds is 5. The topological polar surface area (TPSA) is 85.4 Å². The molecule has 0 saturated heterocycles. The summed E-state index contributed by atoms with van der Waals surface area (Å²) in [5.74, 6) is 1.60. The number of pyridine rings is 2. The smallest absolute Gasteiger partial charge is 0.227 e. The molecule has 174 valence electrons. The van der Waals surface area contributed by atoms with Crippen LogP contribution in [-0.2, 0) is 11.3 Å². The number of fused-ring (bicyclic) bond motifs is 2. The van der Waals surface area contributed by atoms with Crippen LogP contribution in [0.3, 0.4) is 0 Å². The average Bonchev–Trinajstić information content (AvgIpc) is 2.83. The van der Waals surface area contributed by atoms with E-state index in [0.29, 0.717) is 31.5 Å².